The number of urea groups is 1. The van der Waals surface area contributed by atoms with Crippen LogP contribution < -0.4 is 15.1 Å². The van der Waals surface area contributed by atoms with Gasteiger partial charge in [0.05, 0.1) is 11.4 Å². The first-order valence-electron chi connectivity index (χ1n) is 8.71. The maximum Gasteiger partial charge on any atom is 0.329 e. The molecule has 0 saturated carbocycles. The number of hydrogen-bond acceptors (Lipinski definition) is 2. The molecule has 2 aliphatic rings. The first-order chi connectivity index (χ1) is 12.2. The average molecular weight is 337 g/mol. The smallest absolute Gasteiger partial charge is 0.323 e. The van der Waals surface area contributed by atoms with Gasteiger partial charge in [-0.2, -0.15) is 0 Å². The highest BCUT2D eigenvalue weighted by Crippen LogP contribution is 2.33. The van der Waals surface area contributed by atoms with Crippen molar-refractivity contribution in [3.8, 4) is 0 Å². The van der Waals surface area contributed by atoms with Gasteiger partial charge in [-0.3, -0.25) is 14.6 Å². The van der Waals surface area contributed by atoms with Gasteiger partial charge in [0.1, 0.15) is 6.54 Å². The van der Waals surface area contributed by atoms with E-state index in [0.29, 0.717) is 12.2 Å². The number of nitrogens with zero attached hydrogens (tertiary/aromatic N) is 2. The molecule has 3 amide bonds. The molecule has 2 aromatic rings. The summed E-state index contributed by atoms with van der Waals surface area (Å²) in [4.78, 5) is 28.1. The molecule has 0 bridgehead atoms. The molecule has 0 spiro atoms. The highest BCUT2D eigenvalue weighted by molar-refractivity contribution is 6.14. The van der Waals surface area contributed by atoms with Crippen molar-refractivity contribution in [2.75, 3.05) is 28.2 Å². The van der Waals surface area contributed by atoms with Gasteiger partial charge in [0.2, 0.25) is 5.91 Å². The minimum atomic E-state index is -0.167. The molecule has 0 radical (unpaired) electrons. The molecule has 0 atom stereocenters. The summed E-state index contributed by atoms with van der Waals surface area (Å²) >= 11 is 0. The summed E-state index contributed by atoms with van der Waals surface area (Å²) in [5, 5.41) is 2.80. The highest BCUT2D eigenvalue weighted by Gasteiger charge is 2.33. The first kappa shape index (κ1) is 17.0. The van der Waals surface area contributed by atoms with Crippen molar-refractivity contribution < 1.29 is 9.59 Å². The van der Waals surface area contributed by atoms with E-state index < -0.39 is 0 Å². The van der Waals surface area contributed by atoms with Gasteiger partial charge in [-0.05, 0) is 30.2 Å². The lowest BCUT2D eigenvalue weighted by atomic mass is 10.2. The Kier molecular flexibility index (Phi) is 5.03. The van der Waals surface area contributed by atoms with Crippen LogP contribution in [-0.2, 0) is 11.2 Å². The molecule has 0 fully saturated rings. The molecule has 5 heteroatoms. The van der Waals surface area contributed by atoms with Crippen LogP contribution in [0.25, 0.3) is 0 Å². The van der Waals surface area contributed by atoms with E-state index in [1.165, 1.54) is 12.0 Å². The number of fused-ring (bicyclic) bond motifs is 2. The number of amides is 3. The lowest BCUT2D eigenvalue weighted by Crippen LogP contribution is -2.48. The topological polar surface area (TPSA) is 52.7 Å². The number of anilines is 3. The molecular weight excluding hydrogens is 314 g/mol. The fraction of sp³-hybridized carbons (Fsp3) is 0.300. The molecule has 0 unspecified atom stereocenters. The molecule has 2 aromatic carbocycles. The molecule has 0 saturated heterocycles. The second-order valence-electron chi connectivity index (χ2n) is 6.17. The lowest BCUT2D eigenvalue weighted by Gasteiger charge is -2.32. The molecule has 5 nitrogen and oxygen atoms in total. The number of carbonyl (C=O) groups is 2. The van der Waals surface area contributed by atoms with E-state index in [9.17, 15) is 9.59 Å². The Hall–Kier alpha value is -2.82. The Morgan fingerprint density at radius 1 is 1.00 bits per heavy atom. The van der Waals surface area contributed by atoms with Crippen LogP contribution in [0.2, 0.25) is 0 Å². The number of carbonyl (C=O) groups excluding carboxylic acids is 2. The SMILES string of the molecule is CCC.O=C1CN(C(=O)N2CCc3ccccc32)c2ccccc2N1. The Morgan fingerprint density at radius 3 is 2.40 bits per heavy atom. The second kappa shape index (κ2) is 7.38. The second-order valence-corrected chi connectivity index (χ2v) is 6.17. The fourth-order valence-corrected chi connectivity index (χ4v) is 3.09. The number of para-hydroxylation sites is 3. The third kappa shape index (κ3) is 3.36. The lowest BCUT2D eigenvalue weighted by molar-refractivity contribution is -0.115. The van der Waals surface area contributed by atoms with Crippen LogP contribution in [0.15, 0.2) is 48.5 Å². The predicted octanol–water partition coefficient (Wildman–Crippen LogP) is 4.04. The summed E-state index contributed by atoms with van der Waals surface area (Å²) in [6.07, 6.45) is 2.10. The van der Waals surface area contributed by atoms with E-state index in [-0.39, 0.29) is 18.5 Å². The van der Waals surface area contributed by atoms with Crippen LogP contribution >= 0.6 is 0 Å². The molecule has 0 aromatic heterocycles. The van der Waals surface area contributed by atoms with Crippen LogP contribution in [-0.4, -0.2) is 25.0 Å². The van der Waals surface area contributed by atoms with Crippen LogP contribution in [0.5, 0.6) is 0 Å². The number of benzene rings is 2. The zero-order valence-electron chi connectivity index (χ0n) is 14.7. The van der Waals surface area contributed by atoms with Crippen LogP contribution in [0.4, 0.5) is 21.9 Å². The number of nitrogens with one attached hydrogen (secondary N) is 1. The van der Waals surface area contributed by atoms with Crippen molar-refractivity contribution in [3.05, 3.63) is 54.1 Å². The Labute approximate surface area is 148 Å². The van der Waals surface area contributed by atoms with Gasteiger partial charge >= 0.3 is 6.03 Å². The Bertz CT molecular complexity index is 788. The summed E-state index contributed by atoms with van der Waals surface area (Å²) in [6.45, 7) is 4.95. The number of rotatable bonds is 0. The molecule has 2 heterocycles. The summed E-state index contributed by atoms with van der Waals surface area (Å²) in [5.74, 6) is -0.167. The van der Waals surface area contributed by atoms with Gasteiger partial charge in [-0.15, -0.1) is 0 Å². The first-order valence-corrected chi connectivity index (χ1v) is 8.71. The average Bonchev–Trinajstić information content (AvgIpc) is 3.05. The minimum absolute atomic E-state index is 0.0501. The fourth-order valence-electron chi connectivity index (χ4n) is 3.09. The largest absolute Gasteiger partial charge is 0.329 e. The van der Waals surface area contributed by atoms with E-state index in [2.05, 4.69) is 19.2 Å². The van der Waals surface area contributed by atoms with Gasteiger partial charge in [0.15, 0.2) is 0 Å². The quantitative estimate of drug-likeness (QED) is 0.788. The zero-order valence-corrected chi connectivity index (χ0v) is 14.7. The normalized spacial score (nSPS) is 14.9. The maximum absolute atomic E-state index is 12.9. The van der Waals surface area contributed by atoms with Gasteiger partial charge < -0.3 is 5.32 Å². The van der Waals surface area contributed by atoms with Gasteiger partial charge in [-0.1, -0.05) is 50.6 Å². The summed E-state index contributed by atoms with van der Waals surface area (Å²) in [7, 11) is 0. The third-order valence-corrected chi connectivity index (χ3v) is 4.12. The van der Waals surface area contributed by atoms with E-state index >= 15 is 0 Å². The standard InChI is InChI=1S/C17H15N3O2.C3H8/c21-16-11-20(15-8-4-2-6-13(15)18-16)17(22)19-10-9-12-5-1-3-7-14(12)19;1-3-2/h1-8H,9-11H2,(H,18,21);3H2,1-2H3. The molecular formula is C20H23N3O2. The van der Waals surface area contributed by atoms with E-state index in [1.54, 1.807) is 9.80 Å². The Morgan fingerprint density at radius 2 is 1.64 bits per heavy atom. The zero-order chi connectivity index (χ0) is 17.8. The predicted molar refractivity (Wildman–Crippen MR) is 101 cm³/mol. The number of hydrogen-bond donors (Lipinski definition) is 1. The van der Waals surface area contributed by atoms with Crippen molar-refractivity contribution >= 4 is 29.0 Å². The van der Waals surface area contributed by atoms with Crippen molar-refractivity contribution in [2.45, 2.75) is 26.7 Å². The minimum Gasteiger partial charge on any atom is -0.323 e. The van der Waals surface area contributed by atoms with Crippen LogP contribution in [0.3, 0.4) is 0 Å². The van der Waals surface area contributed by atoms with Crippen LogP contribution in [0, 0.1) is 0 Å². The summed E-state index contributed by atoms with van der Waals surface area (Å²) in [6, 6.07) is 15.1. The van der Waals surface area contributed by atoms with Gasteiger partial charge in [0.25, 0.3) is 0 Å². The highest BCUT2D eigenvalue weighted by atomic mass is 16.2. The molecule has 2 aliphatic heterocycles. The monoisotopic (exact) mass is 337 g/mol. The van der Waals surface area contributed by atoms with Crippen molar-refractivity contribution in [1.29, 1.82) is 0 Å². The summed E-state index contributed by atoms with van der Waals surface area (Å²) < 4.78 is 0. The van der Waals surface area contributed by atoms with Gasteiger partial charge in [-0.25, -0.2) is 4.79 Å². The molecule has 130 valence electrons. The van der Waals surface area contributed by atoms with Crippen molar-refractivity contribution in [1.82, 2.24) is 0 Å². The van der Waals surface area contributed by atoms with Crippen molar-refractivity contribution in [3.63, 3.8) is 0 Å². The van der Waals surface area contributed by atoms with Crippen molar-refractivity contribution in [2.24, 2.45) is 0 Å². The summed E-state index contributed by atoms with van der Waals surface area (Å²) in [5.41, 5.74) is 3.54. The maximum atomic E-state index is 12.9. The Balaban J connectivity index is 0.000000569. The van der Waals surface area contributed by atoms with E-state index in [4.69, 9.17) is 0 Å². The molecule has 0 aliphatic carbocycles. The van der Waals surface area contributed by atoms with E-state index in [0.717, 1.165) is 17.8 Å². The molecule has 1 N–H and O–H groups in total. The van der Waals surface area contributed by atoms with Crippen LogP contribution in [0.1, 0.15) is 25.8 Å². The van der Waals surface area contributed by atoms with E-state index in [1.807, 2.05) is 48.5 Å². The molecule has 4 rings (SSSR count). The molecule has 25 heavy (non-hydrogen) atoms. The van der Waals surface area contributed by atoms with Gasteiger partial charge in [0, 0.05) is 12.2 Å². The third-order valence-electron chi connectivity index (χ3n) is 4.12.